The average molecular weight is 452 g/mol. The van der Waals surface area contributed by atoms with Crippen molar-refractivity contribution in [2.45, 2.75) is 39.4 Å². The van der Waals surface area contributed by atoms with Crippen molar-refractivity contribution in [2.24, 2.45) is 23.7 Å². The summed E-state index contributed by atoms with van der Waals surface area (Å²) in [5.74, 6) is -4.68. The molecular weight excluding hydrogens is 428 g/mol. The van der Waals surface area contributed by atoms with Crippen molar-refractivity contribution in [3.05, 3.63) is 34.4 Å². The topological polar surface area (TPSA) is 133 Å². The van der Waals surface area contributed by atoms with Crippen LogP contribution in [0.4, 0.5) is 0 Å². The highest BCUT2D eigenvalue weighted by Gasteiger charge is 2.70. The average Bonchev–Trinajstić information content (AvgIpc) is 3.26. The summed E-state index contributed by atoms with van der Waals surface area (Å²) in [5.41, 5.74) is 3.05. The van der Waals surface area contributed by atoms with Crippen LogP contribution < -0.4 is 0 Å². The van der Waals surface area contributed by atoms with Gasteiger partial charge in [0.15, 0.2) is 0 Å². The van der Waals surface area contributed by atoms with E-state index in [1.54, 1.807) is 6.07 Å². The van der Waals surface area contributed by atoms with Crippen molar-refractivity contribution in [3.63, 3.8) is 0 Å². The van der Waals surface area contributed by atoms with Gasteiger partial charge in [-0.3, -0.25) is 14.1 Å². The van der Waals surface area contributed by atoms with Crippen LogP contribution in [-0.2, 0) is 33.9 Å². The van der Waals surface area contributed by atoms with Crippen molar-refractivity contribution >= 4 is 28.0 Å². The summed E-state index contributed by atoms with van der Waals surface area (Å²) >= 11 is 0. The predicted octanol–water partition coefficient (Wildman–Crippen LogP) is 1.38. The van der Waals surface area contributed by atoms with E-state index < -0.39 is 70.3 Å². The van der Waals surface area contributed by atoms with Crippen molar-refractivity contribution in [1.82, 2.24) is 0 Å². The Bertz CT molecular complexity index is 1060. The predicted molar refractivity (Wildman–Crippen MR) is 106 cm³/mol. The van der Waals surface area contributed by atoms with E-state index in [1.807, 2.05) is 26.8 Å². The maximum absolute atomic E-state index is 13.0. The second-order valence-electron chi connectivity index (χ2n) is 8.59. The first kappa shape index (κ1) is 21.8. The number of carbonyl (C=O) groups is 3. The molecule has 1 saturated heterocycles. The first-order chi connectivity index (χ1) is 14.5. The molecule has 1 heterocycles. The van der Waals surface area contributed by atoms with Gasteiger partial charge in [0.1, 0.15) is 36.4 Å². The van der Waals surface area contributed by atoms with E-state index in [-0.39, 0.29) is 5.92 Å². The molecule has 9 nitrogen and oxygen atoms in total. The molecule has 0 radical (unpaired) electrons. The SMILES string of the molecule is Cc1cc(C)c(C)c(C(=O)OC2C3CC4C(OC(=O)C42)C3C(=O)OCCS(=O)(=O)O)c1. The summed E-state index contributed by atoms with van der Waals surface area (Å²) in [5, 5.41) is 0. The molecule has 0 aromatic heterocycles. The third-order valence-electron chi connectivity index (χ3n) is 6.68. The molecule has 1 aliphatic heterocycles. The smallest absolute Gasteiger partial charge is 0.338 e. The van der Waals surface area contributed by atoms with Gasteiger partial charge >= 0.3 is 17.9 Å². The van der Waals surface area contributed by atoms with Gasteiger partial charge in [0.05, 0.1) is 5.56 Å². The number of rotatable bonds is 6. The highest BCUT2D eigenvalue weighted by atomic mass is 32.2. The molecule has 10 heteroatoms. The Morgan fingerprint density at radius 3 is 2.58 bits per heavy atom. The minimum Gasteiger partial charge on any atom is -0.464 e. The van der Waals surface area contributed by atoms with Crippen LogP contribution in [0.2, 0.25) is 0 Å². The molecule has 3 aliphatic rings. The fourth-order valence-electron chi connectivity index (χ4n) is 5.24. The van der Waals surface area contributed by atoms with Crippen molar-refractivity contribution < 1.29 is 41.6 Å². The Morgan fingerprint density at radius 2 is 1.90 bits per heavy atom. The fraction of sp³-hybridized carbons (Fsp3) is 0.571. The van der Waals surface area contributed by atoms with Crippen LogP contribution in [0.15, 0.2) is 12.1 Å². The number of hydrogen-bond donors (Lipinski definition) is 1. The van der Waals surface area contributed by atoms with Gasteiger partial charge < -0.3 is 14.2 Å². The molecule has 6 unspecified atom stereocenters. The molecule has 0 spiro atoms. The number of aryl methyl sites for hydroxylation is 2. The maximum atomic E-state index is 13.0. The first-order valence-electron chi connectivity index (χ1n) is 10.1. The summed E-state index contributed by atoms with van der Waals surface area (Å²) in [6, 6.07) is 3.69. The minimum absolute atomic E-state index is 0.255. The van der Waals surface area contributed by atoms with E-state index in [2.05, 4.69) is 0 Å². The van der Waals surface area contributed by atoms with E-state index in [9.17, 15) is 22.8 Å². The lowest BCUT2D eigenvalue weighted by Gasteiger charge is -2.30. The van der Waals surface area contributed by atoms with Crippen molar-refractivity contribution in [2.75, 3.05) is 12.4 Å². The lowest BCUT2D eigenvalue weighted by molar-refractivity contribution is -0.157. The monoisotopic (exact) mass is 452 g/mol. The maximum Gasteiger partial charge on any atom is 0.338 e. The molecule has 1 aromatic rings. The van der Waals surface area contributed by atoms with Gasteiger partial charge in [0, 0.05) is 11.8 Å². The van der Waals surface area contributed by atoms with E-state index in [0.717, 1.165) is 16.7 Å². The number of hydrogen-bond acceptors (Lipinski definition) is 8. The second-order valence-corrected chi connectivity index (χ2v) is 10.2. The molecule has 3 fully saturated rings. The summed E-state index contributed by atoms with van der Waals surface area (Å²) in [7, 11) is -4.27. The number of carbonyl (C=O) groups excluding carboxylic acids is 3. The van der Waals surface area contributed by atoms with Gasteiger partial charge in [-0.15, -0.1) is 0 Å². The molecule has 1 aromatic carbocycles. The first-order valence-corrected chi connectivity index (χ1v) is 11.7. The van der Waals surface area contributed by atoms with Gasteiger partial charge in [0.25, 0.3) is 10.1 Å². The van der Waals surface area contributed by atoms with E-state index in [0.29, 0.717) is 12.0 Å². The van der Waals surface area contributed by atoms with E-state index >= 15 is 0 Å². The summed E-state index contributed by atoms with van der Waals surface area (Å²) in [6.07, 6.45) is -1.01. The number of esters is 3. The molecule has 2 bridgehead atoms. The van der Waals surface area contributed by atoms with Gasteiger partial charge in [-0.1, -0.05) is 6.07 Å². The van der Waals surface area contributed by atoms with Crippen LogP contribution in [0.25, 0.3) is 0 Å². The van der Waals surface area contributed by atoms with Crippen LogP contribution in [0.1, 0.15) is 33.5 Å². The largest absolute Gasteiger partial charge is 0.464 e. The molecule has 1 N–H and O–H groups in total. The van der Waals surface area contributed by atoms with Gasteiger partial charge in [0.2, 0.25) is 0 Å². The molecule has 168 valence electrons. The van der Waals surface area contributed by atoms with E-state index in [4.69, 9.17) is 18.8 Å². The van der Waals surface area contributed by atoms with Crippen molar-refractivity contribution in [1.29, 1.82) is 0 Å². The number of ether oxygens (including phenoxy) is 3. The Balaban J connectivity index is 1.53. The molecule has 31 heavy (non-hydrogen) atoms. The highest BCUT2D eigenvalue weighted by Crippen LogP contribution is 2.58. The van der Waals surface area contributed by atoms with Crippen LogP contribution in [-0.4, -0.2) is 55.4 Å². The normalized spacial score (nSPS) is 30.9. The highest BCUT2D eigenvalue weighted by molar-refractivity contribution is 7.85. The van der Waals surface area contributed by atoms with Crippen LogP contribution in [0, 0.1) is 44.4 Å². The summed E-state index contributed by atoms with van der Waals surface area (Å²) < 4.78 is 46.7. The number of benzene rings is 1. The zero-order valence-corrected chi connectivity index (χ0v) is 18.2. The Labute approximate surface area is 179 Å². The Hall–Kier alpha value is -2.46. The third-order valence-corrected chi connectivity index (χ3v) is 7.36. The molecule has 6 atom stereocenters. The minimum atomic E-state index is -4.27. The van der Waals surface area contributed by atoms with Gasteiger partial charge in [-0.2, -0.15) is 8.42 Å². The zero-order chi connectivity index (χ0) is 22.7. The Morgan fingerprint density at radius 1 is 1.19 bits per heavy atom. The molecular formula is C21H24O9S. The second kappa shape index (κ2) is 7.59. The fourth-order valence-corrected chi connectivity index (χ4v) is 5.53. The lowest BCUT2D eigenvalue weighted by Crippen LogP contribution is -2.43. The lowest BCUT2D eigenvalue weighted by atomic mass is 9.80. The molecule has 4 rings (SSSR count). The van der Waals surface area contributed by atoms with E-state index in [1.165, 1.54) is 0 Å². The van der Waals surface area contributed by atoms with Gasteiger partial charge in [-0.05, 0) is 49.9 Å². The quantitative estimate of drug-likeness (QED) is 0.386. The Kier molecular flexibility index (Phi) is 5.33. The third kappa shape index (κ3) is 3.82. The molecule has 2 saturated carbocycles. The standard InChI is InChI=1S/C21H24O9S/c1-9-6-10(2)11(3)12(7-9)19(22)29-18-13-8-14-16(18)21(24)30-17(14)15(13)20(23)28-4-5-31(25,26)27/h6-7,13-18H,4-5,8H2,1-3H3,(H,25,26,27). The summed E-state index contributed by atoms with van der Waals surface area (Å²) in [6.45, 7) is 5.08. The van der Waals surface area contributed by atoms with Crippen molar-refractivity contribution in [3.8, 4) is 0 Å². The molecule has 2 aliphatic carbocycles. The number of fused-ring (bicyclic) bond motifs is 1. The zero-order valence-electron chi connectivity index (χ0n) is 17.4. The van der Waals surface area contributed by atoms with Crippen LogP contribution >= 0.6 is 0 Å². The van der Waals surface area contributed by atoms with Crippen LogP contribution in [0.5, 0.6) is 0 Å². The van der Waals surface area contributed by atoms with Crippen LogP contribution in [0.3, 0.4) is 0 Å². The molecule has 0 amide bonds. The van der Waals surface area contributed by atoms with Gasteiger partial charge in [-0.25, -0.2) is 4.79 Å². The summed E-state index contributed by atoms with van der Waals surface area (Å²) in [4.78, 5) is 38.0.